The van der Waals surface area contributed by atoms with Gasteiger partial charge in [-0.3, -0.25) is 4.79 Å². The number of amides is 1. The standard InChI is InChI=1S/C17H19ClN2O4S/c1-24-15-7-5-13(6-8-15)12-19-17(21)9-10-20-25(22,23)16-4-2-3-14(18)11-16/h2-8,11,20H,9-10,12H2,1H3,(H,19,21). The normalized spacial score (nSPS) is 11.1. The fourth-order valence-corrected chi connectivity index (χ4v) is 3.38. The molecule has 0 aliphatic heterocycles. The minimum absolute atomic E-state index is 0.00327. The van der Waals surface area contributed by atoms with Crippen molar-refractivity contribution in [2.75, 3.05) is 13.7 Å². The number of hydrogen-bond acceptors (Lipinski definition) is 4. The van der Waals surface area contributed by atoms with Gasteiger partial charge in [-0.1, -0.05) is 29.8 Å². The van der Waals surface area contributed by atoms with Gasteiger partial charge in [0.25, 0.3) is 0 Å². The molecule has 0 aromatic heterocycles. The number of ether oxygens (including phenoxy) is 1. The first-order valence-corrected chi connectivity index (χ1v) is 9.42. The van der Waals surface area contributed by atoms with Gasteiger partial charge in [0.2, 0.25) is 15.9 Å². The van der Waals surface area contributed by atoms with E-state index in [0.29, 0.717) is 11.6 Å². The lowest BCUT2D eigenvalue weighted by atomic mass is 10.2. The maximum Gasteiger partial charge on any atom is 0.240 e. The van der Waals surface area contributed by atoms with Crippen molar-refractivity contribution in [3.8, 4) is 5.75 Å². The van der Waals surface area contributed by atoms with E-state index in [1.807, 2.05) is 12.1 Å². The minimum Gasteiger partial charge on any atom is -0.497 e. The lowest BCUT2D eigenvalue weighted by molar-refractivity contribution is -0.121. The average Bonchev–Trinajstić information content (AvgIpc) is 2.60. The average molecular weight is 383 g/mol. The van der Waals surface area contributed by atoms with Gasteiger partial charge in [0.15, 0.2) is 0 Å². The van der Waals surface area contributed by atoms with Gasteiger partial charge in [-0.15, -0.1) is 0 Å². The van der Waals surface area contributed by atoms with Crippen LogP contribution in [-0.4, -0.2) is 28.0 Å². The van der Waals surface area contributed by atoms with Crippen LogP contribution < -0.4 is 14.8 Å². The Balaban J connectivity index is 1.77. The van der Waals surface area contributed by atoms with Gasteiger partial charge in [0.1, 0.15) is 5.75 Å². The molecule has 8 heteroatoms. The summed E-state index contributed by atoms with van der Waals surface area (Å²) in [5, 5.41) is 3.07. The molecule has 134 valence electrons. The highest BCUT2D eigenvalue weighted by atomic mass is 35.5. The molecule has 0 fully saturated rings. The lowest BCUT2D eigenvalue weighted by Crippen LogP contribution is -2.30. The van der Waals surface area contributed by atoms with Gasteiger partial charge in [-0.25, -0.2) is 13.1 Å². The summed E-state index contributed by atoms with van der Waals surface area (Å²) in [6.07, 6.45) is 0.0376. The van der Waals surface area contributed by atoms with Crippen molar-refractivity contribution in [2.24, 2.45) is 0 Å². The Bertz CT molecular complexity index is 823. The minimum atomic E-state index is -3.68. The molecule has 2 rings (SSSR count). The summed E-state index contributed by atoms with van der Waals surface area (Å²) in [4.78, 5) is 11.9. The second kappa shape index (κ2) is 8.84. The van der Waals surface area contributed by atoms with Crippen LogP contribution in [0.15, 0.2) is 53.4 Å². The van der Waals surface area contributed by atoms with Crippen LogP contribution in [0.3, 0.4) is 0 Å². The van der Waals surface area contributed by atoms with E-state index in [1.54, 1.807) is 31.4 Å². The predicted molar refractivity (Wildman–Crippen MR) is 96.1 cm³/mol. The van der Waals surface area contributed by atoms with Crippen LogP contribution in [-0.2, 0) is 21.4 Å². The van der Waals surface area contributed by atoms with Crippen molar-refractivity contribution in [2.45, 2.75) is 17.9 Å². The van der Waals surface area contributed by atoms with Crippen LogP contribution in [0.4, 0.5) is 0 Å². The largest absolute Gasteiger partial charge is 0.497 e. The fourth-order valence-electron chi connectivity index (χ4n) is 2.05. The van der Waals surface area contributed by atoms with E-state index in [-0.39, 0.29) is 23.8 Å². The molecule has 0 unspecified atom stereocenters. The molecule has 0 heterocycles. The summed E-state index contributed by atoms with van der Waals surface area (Å²) in [6, 6.07) is 13.3. The number of carbonyl (C=O) groups excluding carboxylic acids is 1. The van der Waals surface area contributed by atoms with Gasteiger partial charge in [0, 0.05) is 24.5 Å². The molecule has 0 saturated carbocycles. The van der Waals surface area contributed by atoms with Crippen molar-refractivity contribution in [3.05, 3.63) is 59.1 Å². The summed E-state index contributed by atoms with van der Waals surface area (Å²) in [5.41, 5.74) is 0.925. The van der Waals surface area contributed by atoms with Gasteiger partial charge in [-0.05, 0) is 35.9 Å². The molecule has 2 N–H and O–H groups in total. The Morgan fingerprint density at radius 1 is 1.16 bits per heavy atom. The van der Waals surface area contributed by atoms with Crippen molar-refractivity contribution >= 4 is 27.5 Å². The molecule has 6 nitrogen and oxygen atoms in total. The van der Waals surface area contributed by atoms with E-state index < -0.39 is 10.0 Å². The van der Waals surface area contributed by atoms with Crippen LogP contribution >= 0.6 is 11.6 Å². The molecule has 0 radical (unpaired) electrons. The number of halogens is 1. The summed E-state index contributed by atoms with van der Waals surface area (Å²) in [6.45, 7) is 0.368. The Kier molecular flexibility index (Phi) is 6.81. The molecule has 2 aromatic carbocycles. The first-order chi connectivity index (χ1) is 11.9. The molecule has 25 heavy (non-hydrogen) atoms. The molecule has 0 atom stereocenters. The molecule has 1 amide bonds. The quantitative estimate of drug-likeness (QED) is 0.733. The smallest absolute Gasteiger partial charge is 0.240 e. The number of rotatable bonds is 8. The van der Waals surface area contributed by atoms with Gasteiger partial charge < -0.3 is 10.1 Å². The first-order valence-electron chi connectivity index (χ1n) is 7.55. The predicted octanol–water partition coefficient (Wildman–Crippen LogP) is 2.33. The molecule has 0 aliphatic rings. The Labute approximate surface area is 152 Å². The maximum atomic E-state index is 12.1. The Hall–Kier alpha value is -2.09. The lowest BCUT2D eigenvalue weighted by Gasteiger charge is -2.08. The Morgan fingerprint density at radius 2 is 1.88 bits per heavy atom. The monoisotopic (exact) mass is 382 g/mol. The van der Waals surface area contributed by atoms with E-state index in [0.717, 1.165) is 11.3 Å². The molecule has 0 saturated heterocycles. The molecule has 0 aliphatic carbocycles. The third-order valence-corrected chi connectivity index (χ3v) is 5.09. The van der Waals surface area contributed by atoms with Crippen molar-refractivity contribution in [1.82, 2.24) is 10.0 Å². The molecule has 2 aromatic rings. The van der Waals surface area contributed by atoms with E-state index in [1.165, 1.54) is 12.1 Å². The summed E-state index contributed by atoms with van der Waals surface area (Å²) in [7, 11) is -2.10. The van der Waals surface area contributed by atoms with Crippen molar-refractivity contribution in [3.63, 3.8) is 0 Å². The van der Waals surface area contributed by atoms with E-state index in [4.69, 9.17) is 16.3 Å². The van der Waals surface area contributed by atoms with Gasteiger partial charge in [-0.2, -0.15) is 0 Å². The second-order valence-corrected chi connectivity index (χ2v) is 7.43. The van der Waals surface area contributed by atoms with Crippen molar-refractivity contribution < 1.29 is 17.9 Å². The highest BCUT2D eigenvalue weighted by molar-refractivity contribution is 7.89. The zero-order chi connectivity index (χ0) is 18.3. The summed E-state index contributed by atoms with van der Waals surface area (Å²) < 4.78 is 31.6. The highest BCUT2D eigenvalue weighted by Gasteiger charge is 2.14. The van der Waals surface area contributed by atoms with Crippen LogP contribution in [0, 0.1) is 0 Å². The number of benzene rings is 2. The topological polar surface area (TPSA) is 84.5 Å². The molecule has 0 spiro atoms. The number of methoxy groups -OCH3 is 1. The van der Waals surface area contributed by atoms with Gasteiger partial charge in [0.05, 0.1) is 12.0 Å². The molecular weight excluding hydrogens is 364 g/mol. The number of nitrogens with one attached hydrogen (secondary N) is 2. The van der Waals surface area contributed by atoms with E-state index in [2.05, 4.69) is 10.0 Å². The zero-order valence-electron chi connectivity index (χ0n) is 13.7. The number of sulfonamides is 1. The van der Waals surface area contributed by atoms with Gasteiger partial charge >= 0.3 is 0 Å². The van der Waals surface area contributed by atoms with Crippen LogP contribution in [0.25, 0.3) is 0 Å². The van der Waals surface area contributed by atoms with Crippen LogP contribution in [0.5, 0.6) is 5.75 Å². The SMILES string of the molecule is COc1ccc(CNC(=O)CCNS(=O)(=O)c2cccc(Cl)c2)cc1. The fraction of sp³-hybridized carbons (Fsp3) is 0.235. The number of hydrogen-bond donors (Lipinski definition) is 2. The highest BCUT2D eigenvalue weighted by Crippen LogP contribution is 2.15. The van der Waals surface area contributed by atoms with E-state index in [9.17, 15) is 13.2 Å². The Morgan fingerprint density at radius 3 is 2.52 bits per heavy atom. The maximum absolute atomic E-state index is 12.1. The third kappa shape index (κ3) is 6.04. The van der Waals surface area contributed by atoms with Crippen LogP contribution in [0.2, 0.25) is 5.02 Å². The third-order valence-electron chi connectivity index (χ3n) is 3.40. The molecule has 0 bridgehead atoms. The summed E-state index contributed by atoms with van der Waals surface area (Å²) in [5.74, 6) is 0.495. The van der Waals surface area contributed by atoms with Crippen LogP contribution in [0.1, 0.15) is 12.0 Å². The first kappa shape index (κ1) is 19.2. The molecular formula is C17H19ClN2O4S. The second-order valence-electron chi connectivity index (χ2n) is 5.23. The number of carbonyl (C=O) groups is 1. The zero-order valence-corrected chi connectivity index (χ0v) is 15.2. The van der Waals surface area contributed by atoms with E-state index >= 15 is 0 Å². The van der Waals surface area contributed by atoms with Crippen molar-refractivity contribution in [1.29, 1.82) is 0 Å². The summed E-state index contributed by atoms with van der Waals surface area (Å²) >= 11 is 5.79.